The highest BCUT2D eigenvalue weighted by molar-refractivity contribution is 7.78. The lowest BCUT2D eigenvalue weighted by Gasteiger charge is -2.28. The van der Waals surface area contributed by atoms with Crippen molar-refractivity contribution in [2.75, 3.05) is 0 Å². The standard InChI is InChI=1S/C23H21F2NS/c1-2-16-5-9-19(10-6-16)20-11-7-17(8-12-20)3-4-18-13-21(24)23(26-15-27)22(25)14-18/h7-8,11-14,16,19H,2,5-6,9-10H2,1H3. The molecule has 0 bridgehead atoms. The van der Waals surface area contributed by atoms with E-state index in [0.717, 1.165) is 23.6 Å². The van der Waals surface area contributed by atoms with E-state index >= 15 is 0 Å². The number of hydrogen-bond acceptors (Lipinski definition) is 2. The summed E-state index contributed by atoms with van der Waals surface area (Å²) in [6.45, 7) is 2.27. The molecule has 1 aliphatic carbocycles. The first-order valence-electron chi connectivity index (χ1n) is 9.29. The molecule has 0 N–H and O–H groups in total. The monoisotopic (exact) mass is 381 g/mol. The van der Waals surface area contributed by atoms with Crippen LogP contribution in [0.1, 0.15) is 61.6 Å². The van der Waals surface area contributed by atoms with Gasteiger partial charge in [0.05, 0.1) is 5.16 Å². The molecule has 138 valence electrons. The molecule has 1 fully saturated rings. The Kier molecular flexibility index (Phi) is 6.50. The fourth-order valence-electron chi connectivity index (χ4n) is 3.68. The average Bonchev–Trinajstić information content (AvgIpc) is 2.70. The highest BCUT2D eigenvalue weighted by Crippen LogP contribution is 2.36. The molecule has 2 aromatic rings. The number of thiocarbonyl (C=S) groups is 1. The third-order valence-electron chi connectivity index (χ3n) is 5.33. The average molecular weight is 381 g/mol. The molecule has 0 unspecified atom stereocenters. The van der Waals surface area contributed by atoms with Crippen molar-refractivity contribution in [3.8, 4) is 11.8 Å². The number of halogens is 2. The number of aliphatic imine (C=N–C) groups is 1. The molecule has 2 aromatic carbocycles. The first-order valence-corrected chi connectivity index (χ1v) is 9.70. The summed E-state index contributed by atoms with van der Waals surface area (Å²) in [6.07, 6.45) is 6.39. The quantitative estimate of drug-likeness (QED) is 0.324. The smallest absolute Gasteiger partial charge is 0.153 e. The molecule has 4 heteroatoms. The lowest BCUT2D eigenvalue weighted by Crippen LogP contribution is -2.12. The molecule has 27 heavy (non-hydrogen) atoms. The number of nitrogens with zero attached hydrogens (tertiary/aromatic N) is 1. The Morgan fingerprint density at radius 1 is 0.963 bits per heavy atom. The molecule has 0 heterocycles. The summed E-state index contributed by atoms with van der Waals surface area (Å²) in [7, 11) is 0. The molecule has 0 atom stereocenters. The fraction of sp³-hybridized carbons (Fsp3) is 0.348. The second-order valence-corrected chi connectivity index (χ2v) is 7.17. The Morgan fingerprint density at radius 3 is 2.11 bits per heavy atom. The van der Waals surface area contributed by atoms with Crippen LogP contribution in [0.25, 0.3) is 0 Å². The van der Waals surface area contributed by atoms with Crippen molar-refractivity contribution in [1.29, 1.82) is 0 Å². The summed E-state index contributed by atoms with van der Waals surface area (Å²) in [5, 5.41) is 1.97. The van der Waals surface area contributed by atoms with Gasteiger partial charge in [0, 0.05) is 11.1 Å². The summed E-state index contributed by atoms with van der Waals surface area (Å²) in [5.41, 5.74) is 2.00. The van der Waals surface area contributed by atoms with Crippen LogP contribution < -0.4 is 0 Å². The molecule has 0 amide bonds. The molecule has 0 aromatic heterocycles. The van der Waals surface area contributed by atoms with Crippen LogP contribution in [-0.4, -0.2) is 5.16 Å². The van der Waals surface area contributed by atoms with Crippen LogP contribution in [0, 0.1) is 29.4 Å². The van der Waals surface area contributed by atoms with Crippen LogP contribution in [0.15, 0.2) is 41.4 Å². The van der Waals surface area contributed by atoms with Gasteiger partial charge in [0.2, 0.25) is 0 Å². The van der Waals surface area contributed by atoms with E-state index in [1.165, 1.54) is 37.7 Å². The van der Waals surface area contributed by atoms with Crippen molar-refractivity contribution >= 4 is 23.1 Å². The van der Waals surface area contributed by atoms with E-state index < -0.39 is 17.3 Å². The van der Waals surface area contributed by atoms with E-state index in [1.807, 2.05) is 17.3 Å². The van der Waals surface area contributed by atoms with E-state index in [9.17, 15) is 8.78 Å². The Balaban J connectivity index is 1.72. The Bertz CT molecular complexity index is 887. The van der Waals surface area contributed by atoms with Crippen molar-refractivity contribution in [3.63, 3.8) is 0 Å². The van der Waals surface area contributed by atoms with Crippen LogP contribution in [0.4, 0.5) is 14.5 Å². The minimum absolute atomic E-state index is 0.260. The molecule has 0 spiro atoms. The van der Waals surface area contributed by atoms with Gasteiger partial charge < -0.3 is 0 Å². The number of rotatable bonds is 3. The van der Waals surface area contributed by atoms with Crippen molar-refractivity contribution in [3.05, 3.63) is 64.7 Å². The molecule has 1 aliphatic rings. The van der Waals surface area contributed by atoms with Gasteiger partial charge in [0.1, 0.15) is 5.69 Å². The zero-order chi connectivity index (χ0) is 19.2. The van der Waals surface area contributed by atoms with Gasteiger partial charge in [-0.25, -0.2) is 8.78 Å². The SMILES string of the molecule is CCC1CCC(c2ccc(C#Cc3cc(F)c(N=C=S)c(F)c3)cc2)CC1. The van der Waals surface area contributed by atoms with Crippen LogP contribution in [-0.2, 0) is 0 Å². The second-order valence-electron chi connectivity index (χ2n) is 6.99. The maximum absolute atomic E-state index is 13.8. The number of isothiocyanates is 1. The molecule has 0 saturated heterocycles. The van der Waals surface area contributed by atoms with E-state index in [4.69, 9.17) is 0 Å². The zero-order valence-electron chi connectivity index (χ0n) is 15.3. The van der Waals surface area contributed by atoms with Crippen molar-refractivity contribution in [1.82, 2.24) is 0 Å². The fourth-order valence-corrected chi connectivity index (χ4v) is 3.77. The minimum Gasteiger partial charge on any atom is -0.204 e. The molecule has 1 nitrogen and oxygen atoms in total. The van der Waals surface area contributed by atoms with E-state index in [0.29, 0.717) is 5.92 Å². The molecule has 0 radical (unpaired) electrons. The Labute approximate surface area is 164 Å². The Morgan fingerprint density at radius 2 is 1.56 bits per heavy atom. The number of benzene rings is 2. The van der Waals surface area contributed by atoms with Crippen molar-refractivity contribution in [2.45, 2.75) is 44.9 Å². The zero-order valence-corrected chi connectivity index (χ0v) is 16.1. The van der Waals surface area contributed by atoms with Gasteiger partial charge in [0.15, 0.2) is 11.6 Å². The number of hydrogen-bond donors (Lipinski definition) is 0. The molecular weight excluding hydrogens is 360 g/mol. The largest absolute Gasteiger partial charge is 0.204 e. The van der Waals surface area contributed by atoms with Gasteiger partial charge >= 0.3 is 0 Å². The summed E-state index contributed by atoms with van der Waals surface area (Å²) < 4.78 is 27.7. The predicted molar refractivity (Wildman–Crippen MR) is 108 cm³/mol. The van der Waals surface area contributed by atoms with E-state index in [2.05, 4.69) is 48.1 Å². The summed E-state index contributed by atoms with van der Waals surface area (Å²) in [6, 6.07) is 10.5. The van der Waals surface area contributed by atoms with Crippen LogP contribution in [0.2, 0.25) is 0 Å². The third kappa shape index (κ3) is 4.89. The van der Waals surface area contributed by atoms with Gasteiger partial charge in [-0.15, -0.1) is 0 Å². The molecule has 0 aliphatic heterocycles. The third-order valence-corrected chi connectivity index (χ3v) is 5.42. The second kappa shape index (κ2) is 9.04. The predicted octanol–water partition coefficient (Wildman–Crippen LogP) is 6.78. The first-order chi connectivity index (χ1) is 13.1. The van der Waals surface area contributed by atoms with Gasteiger partial charge in [-0.2, -0.15) is 4.99 Å². The van der Waals surface area contributed by atoms with Crippen LogP contribution >= 0.6 is 12.2 Å². The van der Waals surface area contributed by atoms with E-state index in [1.54, 1.807) is 0 Å². The summed E-state index contributed by atoms with van der Waals surface area (Å²) in [4.78, 5) is 3.40. The molecule has 1 saturated carbocycles. The van der Waals surface area contributed by atoms with Gasteiger partial charge in [-0.1, -0.05) is 37.3 Å². The van der Waals surface area contributed by atoms with Crippen molar-refractivity contribution in [2.24, 2.45) is 10.9 Å². The molecular formula is C23H21F2NS. The van der Waals surface area contributed by atoms with Crippen LogP contribution in [0.3, 0.4) is 0 Å². The Hall–Kier alpha value is -2.34. The topological polar surface area (TPSA) is 12.4 Å². The summed E-state index contributed by atoms with van der Waals surface area (Å²) >= 11 is 4.39. The lowest BCUT2D eigenvalue weighted by molar-refractivity contribution is 0.319. The van der Waals surface area contributed by atoms with Gasteiger partial charge in [-0.3, -0.25) is 0 Å². The normalized spacial score (nSPS) is 18.9. The lowest BCUT2D eigenvalue weighted by atomic mass is 9.78. The highest BCUT2D eigenvalue weighted by atomic mass is 32.1. The van der Waals surface area contributed by atoms with E-state index in [-0.39, 0.29) is 5.56 Å². The van der Waals surface area contributed by atoms with Gasteiger partial charge in [-0.05, 0) is 79.6 Å². The highest BCUT2D eigenvalue weighted by Gasteiger charge is 2.20. The van der Waals surface area contributed by atoms with Crippen molar-refractivity contribution < 1.29 is 8.78 Å². The summed E-state index contributed by atoms with van der Waals surface area (Å²) in [5.74, 6) is 5.69. The van der Waals surface area contributed by atoms with Gasteiger partial charge in [0.25, 0.3) is 0 Å². The maximum Gasteiger partial charge on any atom is 0.153 e. The molecule has 3 rings (SSSR count). The maximum atomic E-state index is 13.8. The minimum atomic E-state index is -0.797. The first kappa shape index (κ1) is 19.4. The van der Waals surface area contributed by atoms with Crippen LogP contribution in [0.5, 0.6) is 0 Å².